The molecule has 0 saturated carbocycles. The van der Waals surface area contributed by atoms with Gasteiger partial charge in [-0.05, 0) is 19.1 Å². The highest BCUT2D eigenvalue weighted by Crippen LogP contribution is 2.24. The number of thiazole rings is 1. The predicted molar refractivity (Wildman–Crippen MR) is 83.9 cm³/mol. The normalized spacial score (nSPS) is 14.8. The minimum atomic E-state index is -1.03. The molecule has 1 aromatic heterocycles. The first kappa shape index (κ1) is 16.1. The summed E-state index contributed by atoms with van der Waals surface area (Å²) in [4.78, 5) is 53.4. The van der Waals surface area contributed by atoms with Crippen LogP contribution in [0.3, 0.4) is 0 Å². The first-order valence-corrected chi connectivity index (χ1v) is 8.00. The summed E-state index contributed by atoms with van der Waals surface area (Å²) < 4.78 is 5.62. The molecule has 1 aromatic carbocycles. The molecule has 1 fully saturated rings. The maximum Gasteiger partial charge on any atom is 0.335 e. The third kappa shape index (κ3) is 2.85. The van der Waals surface area contributed by atoms with Crippen molar-refractivity contribution in [2.45, 2.75) is 13.5 Å². The summed E-state index contributed by atoms with van der Waals surface area (Å²) >= 11 is 1.33. The number of fused-ring (bicyclic) bond motifs is 1. The number of carbonyl (C=O) groups is 4. The molecule has 124 valence electrons. The van der Waals surface area contributed by atoms with E-state index in [0.29, 0.717) is 9.91 Å². The number of carbonyl (C=O) groups excluding carboxylic acids is 4. The number of amides is 4. The molecule has 0 bridgehead atoms. The molecule has 1 saturated heterocycles. The van der Waals surface area contributed by atoms with E-state index in [-0.39, 0.29) is 13.2 Å². The topological polar surface area (TPSA) is 96.9 Å². The number of hydrogen-bond donors (Lipinski definition) is 0. The highest BCUT2D eigenvalue weighted by molar-refractivity contribution is 7.18. The van der Waals surface area contributed by atoms with Crippen molar-refractivity contribution in [3.8, 4) is 0 Å². The molecule has 9 heteroatoms. The minimum absolute atomic E-state index is 0.109. The summed E-state index contributed by atoms with van der Waals surface area (Å²) in [5.74, 6) is -2.74. The van der Waals surface area contributed by atoms with Crippen LogP contribution in [0.2, 0.25) is 0 Å². The second-order valence-corrected chi connectivity index (χ2v) is 6.06. The number of hydrogen-bond acceptors (Lipinski definition) is 7. The molecule has 1 aliphatic rings. The zero-order chi connectivity index (χ0) is 17.3. The Hall–Kier alpha value is -2.81. The van der Waals surface area contributed by atoms with Gasteiger partial charge >= 0.3 is 23.8 Å². The molecule has 0 aliphatic carbocycles. The molecule has 0 unspecified atom stereocenters. The highest BCUT2D eigenvalue weighted by atomic mass is 32.1. The van der Waals surface area contributed by atoms with Crippen molar-refractivity contribution >= 4 is 45.4 Å². The lowest BCUT2D eigenvalue weighted by atomic mass is 10.3. The van der Waals surface area contributed by atoms with Gasteiger partial charge in [0.1, 0.15) is 11.6 Å². The average Bonchev–Trinajstić information content (AvgIpc) is 3.05. The van der Waals surface area contributed by atoms with Gasteiger partial charge in [-0.1, -0.05) is 12.1 Å². The SMILES string of the molecule is CCOC(=O)CN1C(=O)C(=O)N(Cc2nc3ccccc3s2)C1=O. The quantitative estimate of drug-likeness (QED) is 0.457. The number of benzene rings is 1. The minimum Gasteiger partial charge on any atom is -0.465 e. The smallest absolute Gasteiger partial charge is 0.335 e. The maximum atomic E-state index is 12.3. The molecular formula is C15H13N3O5S. The Morgan fingerprint density at radius 2 is 1.88 bits per heavy atom. The van der Waals surface area contributed by atoms with Crippen molar-refractivity contribution in [1.82, 2.24) is 14.8 Å². The molecule has 2 heterocycles. The predicted octanol–water partition coefficient (Wildman–Crippen LogP) is 1.15. The van der Waals surface area contributed by atoms with E-state index in [1.807, 2.05) is 24.3 Å². The van der Waals surface area contributed by atoms with Crippen LogP contribution in [0.5, 0.6) is 0 Å². The van der Waals surface area contributed by atoms with Gasteiger partial charge < -0.3 is 4.74 Å². The van der Waals surface area contributed by atoms with Crippen LogP contribution in [0.1, 0.15) is 11.9 Å². The molecule has 0 spiro atoms. The lowest BCUT2D eigenvalue weighted by Gasteiger charge is -2.13. The van der Waals surface area contributed by atoms with Crippen molar-refractivity contribution in [3.63, 3.8) is 0 Å². The van der Waals surface area contributed by atoms with Gasteiger partial charge in [-0.3, -0.25) is 14.4 Å². The zero-order valence-corrected chi connectivity index (χ0v) is 13.5. The van der Waals surface area contributed by atoms with E-state index in [4.69, 9.17) is 4.74 Å². The molecule has 2 aromatic rings. The zero-order valence-electron chi connectivity index (χ0n) is 12.7. The number of ether oxygens (including phenoxy) is 1. The van der Waals surface area contributed by atoms with E-state index in [2.05, 4.69) is 4.98 Å². The van der Waals surface area contributed by atoms with Gasteiger partial charge in [-0.2, -0.15) is 0 Å². The van der Waals surface area contributed by atoms with Gasteiger partial charge in [0.25, 0.3) is 0 Å². The summed E-state index contributed by atoms with van der Waals surface area (Å²) in [7, 11) is 0. The van der Waals surface area contributed by atoms with Crippen LogP contribution in [0, 0.1) is 0 Å². The van der Waals surface area contributed by atoms with Gasteiger partial charge in [-0.25, -0.2) is 19.6 Å². The van der Waals surface area contributed by atoms with Gasteiger partial charge in [0.2, 0.25) is 0 Å². The Balaban J connectivity index is 1.78. The van der Waals surface area contributed by atoms with E-state index in [1.165, 1.54) is 11.3 Å². The maximum absolute atomic E-state index is 12.3. The first-order chi connectivity index (χ1) is 11.5. The van der Waals surface area contributed by atoms with Crippen LogP contribution in [0.4, 0.5) is 4.79 Å². The first-order valence-electron chi connectivity index (χ1n) is 7.18. The molecular weight excluding hydrogens is 334 g/mol. The van der Waals surface area contributed by atoms with Crippen molar-refractivity contribution in [1.29, 1.82) is 0 Å². The van der Waals surface area contributed by atoms with Crippen LogP contribution in [-0.2, 0) is 25.7 Å². The van der Waals surface area contributed by atoms with Crippen LogP contribution in [-0.4, -0.2) is 51.8 Å². The number of rotatable bonds is 5. The van der Waals surface area contributed by atoms with E-state index in [9.17, 15) is 19.2 Å². The largest absolute Gasteiger partial charge is 0.465 e. The number of para-hydroxylation sites is 1. The van der Waals surface area contributed by atoms with Gasteiger partial charge in [0.15, 0.2) is 0 Å². The molecule has 0 atom stereocenters. The molecule has 3 rings (SSSR count). The number of imide groups is 2. The summed E-state index contributed by atoms with van der Waals surface area (Å²) in [5, 5.41) is 0.531. The van der Waals surface area contributed by atoms with Gasteiger partial charge in [0, 0.05) is 0 Å². The van der Waals surface area contributed by atoms with Gasteiger partial charge in [0.05, 0.1) is 23.4 Å². The van der Waals surface area contributed by atoms with Crippen LogP contribution in [0.25, 0.3) is 10.2 Å². The number of urea groups is 1. The third-order valence-corrected chi connectivity index (χ3v) is 4.38. The average molecular weight is 347 g/mol. The Kier molecular flexibility index (Phi) is 4.26. The highest BCUT2D eigenvalue weighted by Gasteiger charge is 2.45. The second-order valence-electron chi connectivity index (χ2n) is 4.95. The summed E-state index contributed by atoms with van der Waals surface area (Å²) in [6.45, 7) is 1.05. The third-order valence-electron chi connectivity index (χ3n) is 3.36. The number of nitrogens with zero attached hydrogens (tertiary/aromatic N) is 3. The van der Waals surface area contributed by atoms with E-state index in [1.54, 1.807) is 6.92 Å². The fourth-order valence-electron chi connectivity index (χ4n) is 2.29. The Bertz CT molecular complexity index is 814. The summed E-state index contributed by atoms with van der Waals surface area (Å²) in [6.07, 6.45) is 0. The Morgan fingerprint density at radius 3 is 2.58 bits per heavy atom. The second kappa shape index (κ2) is 6.36. The summed E-state index contributed by atoms with van der Waals surface area (Å²) in [5.41, 5.74) is 0.756. The number of aromatic nitrogens is 1. The Morgan fingerprint density at radius 1 is 1.17 bits per heavy atom. The lowest BCUT2D eigenvalue weighted by molar-refractivity contribution is -0.148. The molecule has 24 heavy (non-hydrogen) atoms. The van der Waals surface area contributed by atoms with E-state index >= 15 is 0 Å². The fraction of sp³-hybridized carbons (Fsp3) is 0.267. The van der Waals surface area contributed by atoms with Crippen LogP contribution < -0.4 is 0 Å². The molecule has 8 nitrogen and oxygen atoms in total. The fourth-order valence-corrected chi connectivity index (χ4v) is 3.24. The molecule has 4 amide bonds. The Labute approximate surface area is 140 Å². The van der Waals surface area contributed by atoms with E-state index < -0.39 is 30.4 Å². The van der Waals surface area contributed by atoms with Crippen molar-refractivity contribution in [3.05, 3.63) is 29.3 Å². The van der Waals surface area contributed by atoms with Crippen molar-refractivity contribution in [2.24, 2.45) is 0 Å². The molecule has 0 radical (unpaired) electrons. The molecule has 0 N–H and O–H groups in total. The monoisotopic (exact) mass is 347 g/mol. The van der Waals surface area contributed by atoms with Crippen LogP contribution >= 0.6 is 11.3 Å². The summed E-state index contributed by atoms with van der Waals surface area (Å²) in [6, 6.07) is 6.56. The number of esters is 1. The standard InChI is InChI=1S/C15H13N3O5S/c1-2-23-12(19)8-18-14(21)13(20)17(15(18)22)7-11-16-9-5-3-4-6-10(9)24-11/h3-6H,2,7-8H2,1H3. The van der Waals surface area contributed by atoms with Crippen molar-refractivity contribution < 1.29 is 23.9 Å². The molecule has 1 aliphatic heterocycles. The van der Waals surface area contributed by atoms with Crippen LogP contribution in [0.15, 0.2) is 24.3 Å². The van der Waals surface area contributed by atoms with Gasteiger partial charge in [-0.15, -0.1) is 11.3 Å². The van der Waals surface area contributed by atoms with Crippen molar-refractivity contribution in [2.75, 3.05) is 13.2 Å². The lowest BCUT2D eigenvalue weighted by Crippen LogP contribution is -2.37. The van der Waals surface area contributed by atoms with E-state index in [0.717, 1.165) is 15.1 Å².